The molecule has 0 spiro atoms. The minimum Gasteiger partial charge on any atom is -0.457 e. The van der Waals surface area contributed by atoms with Crippen LogP contribution in [-0.2, 0) is 20.9 Å². The normalized spacial score (nSPS) is 32.0. The predicted molar refractivity (Wildman–Crippen MR) is 137 cm³/mol. The molecule has 2 rings (SSSR count). The SMILES string of the molecule is C/C1=C/C[C@@H](/C(C)=C/c2csc(CO)n2)OC(=O)CC(O)C(C)(C)C(=O)[C@H](C)[C@@H](O)[C@@H](C)/C=C/C1. The van der Waals surface area contributed by atoms with E-state index in [0.717, 1.165) is 11.1 Å². The molecule has 1 unspecified atom stereocenters. The Kier molecular flexibility index (Phi) is 10.6. The van der Waals surface area contributed by atoms with Crippen molar-refractivity contribution < 1.29 is 29.6 Å². The summed E-state index contributed by atoms with van der Waals surface area (Å²) in [6.07, 6.45) is 5.75. The number of aliphatic hydroxyl groups is 3. The summed E-state index contributed by atoms with van der Waals surface area (Å²) in [5, 5.41) is 33.2. The molecule has 1 aromatic rings. The van der Waals surface area contributed by atoms with Crippen molar-refractivity contribution in [1.82, 2.24) is 4.98 Å². The molecule has 2 heterocycles. The van der Waals surface area contributed by atoms with Crippen molar-refractivity contribution >= 4 is 29.2 Å². The quantitative estimate of drug-likeness (QED) is 0.416. The Morgan fingerprint density at radius 1 is 1.29 bits per heavy atom. The van der Waals surface area contributed by atoms with E-state index in [-0.39, 0.29) is 24.7 Å². The van der Waals surface area contributed by atoms with Gasteiger partial charge in [-0.15, -0.1) is 11.3 Å². The first-order valence-corrected chi connectivity index (χ1v) is 12.9. The number of carbonyl (C=O) groups excluding carboxylic acids is 2. The number of Topliss-reactive ketones (excluding diaryl/α,β-unsaturated/α-hetero) is 1. The van der Waals surface area contributed by atoms with E-state index in [1.165, 1.54) is 11.3 Å². The van der Waals surface area contributed by atoms with Gasteiger partial charge in [0.05, 0.1) is 36.3 Å². The molecule has 7 nitrogen and oxygen atoms in total. The number of allylic oxidation sites excluding steroid dienone is 2. The van der Waals surface area contributed by atoms with Crippen LogP contribution in [0.15, 0.2) is 34.8 Å². The van der Waals surface area contributed by atoms with E-state index in [1.807, 2.05) is 50.5 Å². The second-order valence-corrected chi connectivity index (χ2v) is 11.0. The monoisotopic (exact) mass is 505 g/mol. The van der Waals surface area contributed by atoms with Crippen LogP contribution in [0, 0.1) is 17.3 Å². The maximum absolute atomic E-state index is 13.1. The number of hydrogen-bond acceptors (Lipinski definition) is 8. The van der Waals surface area contributed by atoms with Crippen LogP contribution in [0.25, 0.3) is 6.08 Å². The van der Waals surface area contributed by atoms with Gasteiger partial charge in [-0.2, -0.15) is 0 Å². The molecule has 0 aromatic carbocycles. The van der Waals surface area contributed by atoms with Crippen molar-refractivity contribution in [3.05, 3.63) is 45.5 Å². The standard InChI is InChI=1S/C27H39NO6S/c1-16-8-7-9-17(2)25(32)19(4)26(33)27(5,6)22(30)13-24(31)34-21(11-10-16)18(3)12-20-15-35-23(14-29)28-20/h7,9-10,12,15,17,19,21-22,25,29-30,32H,8,11,13-14H2,1-6H3/b9-7+,16-10-,18-12+/t17-,19+,21-,22?,25-/m0/s1. The highest BCUT2D eigenvalue weighted by molar-refractivity contribution is 7.09. The Morgan fingerprint density at radius 3 is 2.60 bits per heavy atom. The molecule has 1 aliphatic rings. The average molecular weight is 506 g/mol. The summed E-state index contributed by atoms with van der Waals surface area (Å²) >= 11 is 1.35. The molecule has 194 valence electrons. The van der Waals surface area contributed by atoms with Crippen LogP contribution in [0.1, 0.15) is 71.5 Å². The van der Waals surface area contributed by atoms with E-state index in [2.05, 4.69) is 4.98 Å². The third-order valence-corrected chi connectivity index (χ3v) is 7.57. The number of nitrogens with zero attached hydrogens (tertiary/aromatic N) is 1. The van der Waals surface area contributed by atoms with E-state index in [1.54, 1.807) is 20.8 Å². The number of thiazole rings is 1. The number of aromatic nitrogens is 1. The summed E-state index contributed by atoms with van der Waals surface area (Å²) in [5.41, 5.74) is 1.30. The Bertz CT molecular complexity index is 976. The van der Waals surface area contributed by atoms with Crippen LogP contribution in [-0.4, -0.2) is 50.4 Å². The van der Waals surface area contributed by atoms with Gasteiger partial charge in [-0.25, -0.2) is 4.98 Å². The highest BCUT2D eigenvalue weighted by atomic mass is 32.1. The number of hydrogen-bond donors (Lipinski definition) is 3. The fourth-order valence-corrected chi connectivity index (χ4v) is 4.68. The highest BCUT2D eigenvalue weighted by Crippen LogP contribution is 2.31. The molecule has 0 amide bonds. The van der Waals surface area contributed by atoms with Crippen molar-refractivity contribution in [1.29, 1.82) is 0 Å². The summed E-state index contributed by atoms with van der Waals surface area (Å²) in [6, 6.07) is 0. The summed E-state index contributed by atoms with van der Waals surface area (Å²) in [7, 11) is 0. The zero-order valence-corrected chi connectivity index (χ0v) is 22.3. The van der Waals surface area contributed by atoms with Gasteiger partial charge in [-0.1, -0.05) is 51.5 Å². The third-order valence-electron chi connectivity index (χ3n) is 6.71. The van der Waals surface area contributed by atoms with Gasteiger partial charge in [-0.05, 0) is 31.9 Å². The lowest BCUT2D eigenvalue weighted by Crippen LogP contribution is -2.45. The number of ketones is 1. The lowest BCUT2D eigenvalue weighted by Gasteiger charge is -2.34. The maximum atomic E-state index is 13.1. The molecule has 0 bridgehead atoms. The van der Waals surface area contributed by atoms with Gasteiger partial charge in [0.25, 0.3) is 0 Å². The zero-order chi connectivity index (χ0) is 26.3. The van der Waals surface area contributed by atoms with Crippen LogP contribution < -0.4 is 0 Å². The van der Waals surface area contributed by atoms with Gasteiger partial charge in [0, 0.05) is 23.6 Å². The molecule has 1 aromatic heterocycles. The van der Waals surface area contributed by atoms with Gasteiger partial charge in [0.15, 0.2) is 0 Å². The average Bonchev–Trinajstić information content (AvgIpc) is 3.26. The van der Waals surface area contributed by atoms with E-state index >= 15 is 0 Å². The molecule has 1 aliphatic heterocycles. The topological polar surface area (TPSA) is 117 Å². The molecule has 8 heteroatoms. The number of ether oxygens (including phenoxy) is 1. The number of esters is 1. The predicted octanol–water partition coefficient (Wildman–Crippen LogP) is 4.23. The smallest absolute Gasteiger partial charge is 0.309 e. The van der Waals surface area contributed by atoms with Crippen molar-refractivity contribution in [3.63, 3.8) is 0 Å². The second kappa shape index (κ2) is 12.7. The van der Waals surface area contributed by atoms with Gasteiger partial charge >= 0.3 is 5.97 Å². The van der Waals surface area contributed by atoms with Crippen molar-refractivity contribution in [2.45, 2.75) is 85.7 Å². The molecule has 0 saturated carbocycles. The first-order valence-electron chi connectivity index (χ1n) is 12.0. The van der Waals surface area contributed by atoms with Crippen molar-refractivity contribution in [2.24, 2.45) is 17.3 Å². The second-order valence-electron chi connectivity index (χ2n) is 10.1. The molecule has 0 fully saturated rings. The lowest BCUT2D eigenvalue weighted by molar-refractivity contribution is -0.154. The van der Waals surface area contributed by atoms with Gasteiger partial charge in [0.2, 0.25) is 0 Å². The van der Waals surface area contributed by atoms with Gasteiger partial charge < -0.3 is 20.1 Å². The van der Waals surface area contributed by atoms with E-state index in [9.17, 15) is 24.9 Å². The van der Waals surface area contributed by atoms with E-state index in [4.69, 9.17) is 4.74 Å². The van der Waals surface area contributed by atoms with Gasteiger partial charge in [-0.3, -0.25) is 9.59 Å². The van der Waals surface area contributed by atoms with Crippen molar-refractivity contribution in [2.75, 3.05) is 0 Å². The number of aliphatic hydroxyl groups excluding tert-OH is 3. The fourth-order valence-electron chi connectivity index (χ4n) is 4.07. The first kappa shape index (κ1) is 29.1. The van der Waals surface area contributed by atoms with Crippen LogP contribution in [0.2, 0.25) is 0 Å². The third kappa shape index (κ3) is 7.93. The number of rotatable bonds is 3. The summed E-state index contributed by atoms with van der Waals surface area (Å²) in [4.78, 5) is 30.3. The number of carbonyl (C=O) groups is 2. The largest absolute Gasteiger partial charge is 0.457 e. The Balaban J connectivity index is 2.37. The highest BCUT2D eigenvalue weighted by Gasteiger charge is 2.42. The molecular weight excluding hydrogens is 466 g/mol. The first-order chi connectivity index (χ1) is 16.4. The van der Waals surface area contributed by atoms with Crippen LogP contribution >= 0.6 is 11.3 Å². The van der Waals surface area contributed by atoms with Crippen LogP contribution in [0.3, 0.4) is 0 Å². The molecule has 3 N–H and O–H groups in total. The Labute approximate surface area is 212 Å². The molecule has 5 atom stereocenters. The minimum atomic E-state index is -1.26. The number of cyclic esters (lactones) is 1. The Morgan fingerprint density at radius 2 is 1.97 bits per heavy atom. The molecule has 35 heavy (non-hydrogen) atoms. The van der Waals surface area contributed by atoms with Crippen molar-refractivity contribution in [3.8, 4) is 0 Å². The van der Waals surface area contributed by atoms with E-state index < -0.39 is 35.6 Å². The summed E-state index contributed by atoms with van der Waals surface area (Å²) in [5.74, 6) is -1.86. The van der Waals surface area contributed by atoms with Gasteiger partial charge in [0.1, 0.15) is 16.9 Å². The fraction of sp³-hybridized carbons (Fsp3) is 0.593. The summed E-state index contributed by atoms with van der Waals surface area (Å²) < 4.78 is 5.77. The van der Waals surface area contributed by atoms with E-state index in [0.29, 0.717) is 23.5 Å². The Hall–Kier alpha value is -2.13. The molecule has 0 radical (unpaired) electrons. The molecule has 0 saturated heterocycles. The lowest BCUT2D eigenvalue weighted by atomic mass is 9.73. The molecule has 0 aliphatic carbocycles. The zero-order valence-electron chi connectivity index (χ0n) is 21.5. The maximum Gasteiger partial charge on any atom is 0.309 e. The summed E-state index contributed by atoms with van der Waals surface area (Å²) in [6.45, 7) is 10.4. The molecular formula is C27H39NO6S. The van der Waals surface area contributed by atoms with Crippen LogP contribution in [0.4, 0.5) is 0 Å². The minimum absolute atomic E-state index is 0.133. The van der Waals surface area contributed by atoms with Crippen LogP contribution in [0.5, 0.6) is 0 Å².